The van der Waals surface area contributed by atoms with Crippen molar-refractivity contribution in [2.75, 3.05) is 6.54 Å². The van der Waals surface area contributed by atoms with E-state index in [1.807, 2.05) is 0 Å². The molecule has 0 saturated heterocycles. The Morgan fingerprint density at radius 2 is 1.62 bits per heavy atom. The summed E-state index contributed by atoms with van der Waals surface area (Å²) in [7, 11) is 0. The highest BCUT2D eigenvalue weighted by Gasteiger charge is 2.29. The van der Waals surface area contributed by atoms with Crippen molar-refractivity contribution >= 4 is 11.9 Å². The summed E-state index contributed by atoms with van der Waals surface area (Å²) in [4.78, 5) is 22.3. The number of hydrogen-bond donors (Lipinski definition) is 2. The lowest BCUT2D eigenvalue weighted by atomic mass is 9.89. The molecule has 0 bridgehead atoms. The third kappa shape index (κ3) is 6.43. The van der Waals surface area contributed by atoms with Crippen molar-refractivity contribution in [1.82, 2.24) is 5.32 Å². The molecule has 0 aliphatic heterocycles. The summed E-state index contributed by atoms with van der Waals surface area (Å²) in [6.45, 7) is 10.00. The van der Waals surface area contributed by atoms with Gasteiger partial charge in [-0.25, -0.2) is 0 Å². The van der Waals surface area contributed by atoms with Crippen molar-refractivity contribution < 1.29 is 14.7 Å². The highest BCUT2D eigenvalue weighted by atomic mass is 16.4. The summed E-state index contributed by atoms with van der Waals surface area (Å²) < 4.78 is 0. The summed E-state index contributed by atoms with van der Waals surface area (Å²) in [5.41, 5.74) is -0.818. The van der Waals surface area contributed by atoms with E-state index in [1.54, 1.807) is 13.8 Å². The lowest BCUT2D eigenvalue weighted by molar-refractivity contribution is -0.149. The maximum absolute atomic E-state index is 11.5. The standard InChI is InChI=1S/C12H23NO3/c1-11(2,3)6-7-13-9(14)8-12(4,5)10(15)16/h6-8H2,1-5H3,(H,13,14)(H,15,16). The fourth-order valence-electron chi connectivity index (χ4n) is 1.12. The highest BCUT2D eigenvalue weighted by Crippen LogP contribution is 2.20. The minimum atomic E-state index is -0.994. The molecule has 0 aromatic carbocycles. The van der Waals surface area contributed by atoms with Crippen LogP contribution in [0.4, 0.5) is 0 Å². The quantitative estimate of drug-likeness (QED) is 0.758. The zero-order valence-electron chi connectivity index (χ0n) is 10.9. The van der Waals surface area contributed by atoms with Crippen LogP contribution in [0.5, 0.6) is 0 Å². The average molecular weight is 229 g/mol. The molecular formula is C12H23NO3. The third-order valence-corrected chi connectivity index (χ3v) is 2.38. The van der Waals surface area contributed by atoms with E-state index in [9.17, 15) is 9.59 Å². The first-order valence-corrected chi connectivity index (χ1v) is 5.55. The SMILES string of the molecule is CC(C)(C)CCNC(=O)CC(C)(C)C(=O)O. The molecule has 0 spiro atoms. The average Bonchev–Trinajstić information content (AvgIpc) is 1.99. The van der Waals surface area contributed by atoms with Crippen molar-refractivity contribution in [3.05, 3.63) is 0 Å². The van der Waals surface area contributed by atoms with Gasteiger partial charge in [-0.05, 0) is 25.7 Å². The maximum Gasteiger partial charge on any atom is 0.309 e. The minimum Gasteiger partial charge on any atom is -0.481 e. The molecule has 4 heteroatoms. The molecule has 1 amide bonds. The van der Waals surface area contributed by atoms with E-state index in [4.69, 9.17) is 5.11 Å². The van der Waals surface area contributed by atoms with Gasteiger partial charge in [0.2, 0.25) is 5.91 Å². The molecule has 0 fully saturated rings. The zero-order chi connectivity index (χ0) is 13.0. The van der Waals surface area contributed by atoms with Gasteiger partial charge in [-0.1, -0.05) is 20.8 Å². The summed E-state index contributed by atoms with van der Waals surface area (Å²) >= 11 is 0. The first kappa shape index (κ1) is 14.9. The van der Waals surface area contributed by atoms with Gasteiger partial charge in [0.25, 0.3) is 0 Å². The van der Waals surface area contributed by atoms with Crippen LogP contribution in [0.3, 0.4) is 0 Å². The van der Waals surface area contributed by atoms with E-state index in [0.29, 0.717) is 6.54 Å². The van der Waals surface area contributed by atoms with Crippen molar-refractivity contribution in [3.8, 4) is 0 Å². The van der Waals surface area contributed by atoms with Gasteiger partial charge in [-0.15, -0.1) is 0 Å². The fraction of sp³-hybridized carbons (Fsp3) is 0.833. The molecule has 0 atom stereocenters. The Morgan fingerprint density at radius 3 is 2.00 bits per heavy atom. The van der Waals surface area contributed by atoms with E-state index in [0.717, 1.165) is 6.42 Å². The minimum absolute atomic E-state index is 0.0203. The molecule has 94 valence electrons. The summed E-state index contributed by atoms with van der Waals surface area (Å²) in [5, 5.41) is 11.6. The number of carbonyl (C=O) groups is 2. The molecule has 0 heterocycles. The van der Waals surface area contributed by atoms with Gasteiger partial charge in [0, 0.05) is 13.0 Å². The van der Waals surface area contributed by atoms with Crippen LogP contribution in [0, 0.1) is 10.8 Å². The lowest BCUT2D eigenvalue weighted by Crippen LogP contribution is -2.34. The normalized spacial score (nSPS) is 12.3. The van der Waals surface area contributed by atoms with E-state index in [1.165, 1.54) is 0 Å². The second-order valence-corrected chi connectivity index (χ2v) is 6.03. The molecule has 0 saturated carbocycles. The van der Waals surface area contributed by atoms with E-state index >= 15 is 0 Å². The molecular weight excluding hydrogens is 206 g/mol. The highest BCUT2D eigenvalue weighted by molar-refractivity contribution is 5.84. The molecule has 4 nitrogen and oxygen atoms in total. The summed E-state index contributed by atoms with van der Waals surface area (Å²) in [6.07, 6.45) is 0.902. The van der Waals surface area contributed by atoms with Crippen LogP contribution in [0.2, 0.25) is 0 Å². The largest absolute Gasteiger partial charge is 0.481 e. The topological polar surface area (TPSA) is 66.4 Å². The Morgan fingerprint density at radius 1 is 1.12 bits per heavy atom. The predicted molar refractivity (Wildman–Crippen MR) is 63.1 cm³/mol. The van der Waals surface area contributed by atoms with Crippen molar-refractivity contribution in [1.29, 1.82) is 0 Å². The molecule has 0 aromatic rings. The number of nitrogens with one attached hydrogen (secondary N) is 1. The van der Waals surface area contributed by atoms with Crippen molar-refractivity contribution in [3.63, 3.8) is 0 Å². The van der Waals surface area contributed by atoms with Gasteiger partial charge >= 0.3 is 5.97 Å². The molecule has 0 radical (unpaired) electrons. The van der Waals surface area contributed by atoms with Gasteiger partial charge in [0.1, 0.15) is 0 Å². The monoisotopic (exact) mass is 229 g/mol. The van der Waals surface area contributed by atoms with Crippen LogP contribution in [0.1, 0.15) is 47.5 Å². The summed E-state index contributed by atoms with van der Waals surface area (Å²) in [5.74, 6) is -1.14. The lowest BCUT2D eigenvalue weighted by Gasteiger charge is -2.20. The molecule has 2 N–H and O–H groups in total. The fourth-order valence-corrected chi connectivity index (χ4v) is 1.12. The molecule has 16 heavy (non-hydrogen) atoms. The summed E-state index contributed by atoms with van der Waals surface area (Å²) in [6, 6.07) is 0. The van der Waals surface area contributed by atoms with Crippen LogP contribution in [0.15, 0.2) is 0 Å². The van der Waals surface area contributed by atoms with E-state index < -0.39 is 11.4 Å². The van der Waals surface area contributed by atoms with Crippen LogP contribution < -0.4 is 5.32 Å². The van der Waals surface area contributed by atoms with Crippen LogP contribution >= 0.6 is 0 Å². The Hall–Kier alpha value is -1.06. The molecule has 0 aliphatic carbocycles. The number of rotatable bonds is 5. The Kier molecular flexibility index (Phi) is 4.97. The van der Waals surface area contributed by atoms with E-state index in [-0.39, 0.29) is 17.7 Å². The maximum atomic E-state index is 11.5. The second-order valence-electron chi connectivity index (χ2n) is 6.03. The number of carboxylic acids is 1. The first-order valence-electron chi connectivity index (χ1n) is 5.55. The number of carboxylic acid groups (broad SMARTS) is 1. The number of aliphatic carboxylic acids is 1. The molecule has 0 unspecified atom stereocenters. The molecule has 0 rings (SSSR count). The van der Waals surface area contributed by atoms with Crippen LogP contribution in [-0.2, 0) is 9.59 Å². The number of amides is 1. The van der Waals surface area contributed by atoms with Crippen molar-refractivity contribution in [2.24, 2.45) is 10.8 Å². The Labute approximate surface area is 97.4 Å². The van der Waals surface area contributed by atoms with Gasteiger partial charge in [0.15, 0.2) is 0 Å². The van der Waals surface area contributed by atoms with Gasteiger partial charge in [-0.3, -0.25) is 9.59 Å². The first-order chi connectivity index (χ1) is 7.04. The van der Waals surface area contributed by atoms with Gasteiger partial charge < -0.3 is 10.4 Å². The number of carbonyl (C=O) groups excluding carboxylic acids is 1. The smallest absolute Gasteiger partial charge is 0.309 e. The Bertz CT molecular complexity index is 264. The van der Waals surface area contributed by atoms with Crippen molar-refractivity contribution in [2.45, 2.75) is 47.5 Å². The third-order valence-electron chi connectivity index (χ3n) is 2.38. The van der Waals surface area contributed by atoms with Gasteiger partial charge in [-0.2, -0.15) is 0 Å². The molecule has 0 aliphatic rings. The second kappa shape index (κ2) is 5.32. The zero-order valence-corrected chi connectivity index (χ0v) is 10.9. The molecule has 0 aromatic heterocycles. The van der Waals surface area contributed by atoms with Crippen LogP contribution in [0.25, 0.3) is 0 Å². The number of hydrogen-bond acceptors (Lipinski definition) is 2. The predicted octanol–water partition coefficient (Wildman–Crippen LogP) is 2.04. The van der Waals surface area contributed by atoms with Crippen LogP contribution in [-0.4, -0.2) is 23.5 Å². The van der Waals surface area contributed by atoms with E-state index in [2.05, 4.69) is 26.1 Å². The Balaban J connectivity index is 3.97. The van der Waals surface area contributed by atoms with Gasteiger partial charge in [0.05, 0.1) is 5.41 Å².